The van der Waals surface area contributed by atoms with E-state index in [2.05, 4.69) is 12.0 Å². The van der Waals surface area contributed by atoms with Gasteiger partial charge < -0.3 is 10.5 Å². The van der Waals surface area contributed by atoms with Crippen molar-refractivity contribution >= 4 is 22.6 Å². The monoisotopic (exact) mass is 345 g/mol. The molecule has 2 N–H and O–H groups in total. The minimum atomic E-state index is -1.07. The van der Waals surface area contributed by atoms with E-state index >= 15 is 0 Å². The highest BCUT2D eigenvalue weighted by molar-refractivity contribution is 6.02. The first kappa shape index (κ1) is 18.6. The molecule has 0 saturated heterocycles. The standard InChI is InChI=1S/C18H23N3O4/c1-3-4-5-8-11-21-17(23)14-10-7-6-9-13(14)15(20-21)18(24)25-12(2)16(19)22/h6-7,9-10,12H,3-5,8,11H2,1-2H3,(H2,19,22)/t12-/m0/s1. The van der Waals surface area contributed by atoms with Gasteiger partial charge in [0.1, 0.15) is 0 Å². The second kappa shape index (κ2) is 8.41. The molecule has 0 aliphatic heterocycles. The quantitative estimate of drug-likeness (QED) is 0.582. The zero-order chi connectivity index (χ0) is 18.4. The highest BCUT2D eigenvalue weighted by atomic mass is 16.5. The molecule has 0 bridgehead atoms. The number of unbranched alkanes of at least 4 members (excludes halogenated alkanes) is 3. The fourth-order valence-corrected chi connectivity index (χ4v) is 2.50. The van der Waals surface area contributed by atoms with Gasteiger partial charge in [0.25, 0.3) is 11.5 Å². The molecule has 1 amide bonds. The summed E-state index contributed by atoms with van der Waals surface area (Å²) >= 11 is 0. The SMILES string of the molecule is CCCCCCn1nc(C(=O)O[C@@H](C)C(N)=O)c2ccccc2c1=O. The molecule has 0 radical (unpaired) electrons. The van der Waals surface area contributed by atoms with E-state index in [0.717, 1.165) is 25.7 Å². The molecule has 2 aromatic rings. The molecule has 7 heteroatoms. The second-order valence-corrected chi connectivity index (χ2v) is 5.93. The van der Waals surface area contributed by atoms with Gasteiger partial charge in [-0.25, -0.2) is 9.48 Å². The number of primary amides is 1. The topological polar surface area (TPSA) is 104 Å². The molecule has 0 aliphatic rings. The third-order valence-electron chi connectivity index (χ3n) is 3.97. The van der Waals surface area contributed by atoms with E-state index in [9.17, 15) is 14.4 Å². The Labute approximate surface area is 145 Å². The van der Waals surface area contributed by atoms with Crippen LogP contribution in [0.3, 0.4) is 0 Å². The first-order valence-electron chi connectivity index (χ1n) is 8.45. The van der Waals surface area contributed by atoms with Crippen LogP contribution in [0.1, 0.15) is 50.0 Å². The van der Waals surface area contributed by atoms with E-state index < -0.39 is 18.0 Å². The van der Waals surface area contributed by atoms with E-state index in [-0.39, 0.29) is 11.3 Å². The first-order valence-corrected chi connectivity index (χ1v) is 8.45. The van der Waals surface area contributed by atoms with E-state index in [0.29, 0.717) is 17.3 Å². The van der Waals surface area contributed by atoms with Crippen molar-refractivity contribution in [3.8, 4) is 0 Å². The van der Waals surface area contributed by atoms with Crippen LogP contribution in [-0.4, -0.2) is 27.8 Å². The molecule has 0 saturated carbocycles. The molecule has 0 fully saturated rings. The van der Waals surface area contributed by atoms with Gasteiger partial charge in [-0.3, -0.25) is 9.59 Å². The van der Waals surface area contributed by atoms with Crippen LogP contribution in [0.5, 0.6) is 0 Å². The predicted octanol–water partition coefficient (Wildman–Crippen LogP) is 2.01. The van der Waals surface area contributed by atoms with Crippen LogP contribution in [0.4, 0.5) is 0 Å². The lowest BCUT2D eigenvalue weighted by molar-refractivity contribution is -0.125. The summed E-state index contributed by atoms with van der Waals surface area (Å²) in [5, 5.41) is 4.98. The van der Waals surface area contributed by atoms with Crippen molar-refractivity contribution in [3.63, 3.8) is 0 Å². The molecule has 0 unspecified atom stereocenters. The Balaban J connectivity index is 2.40. The molecular weight excluding hydrogens is 322 g/mol. The van der Waals surface area contributed by atoms with Crippen LogP contribution in [0.2, 0.25) is 0 Å². The van der Waals surface area contributed by atoms with Crippen molar-refractivity contribution in [1.82, 2.24) is 9.78 Å². The third-order valence-corrected chi connectivity index (χ3v) is 3.97. The zero-order valence-electron chi connectivity index (χ0n) is 14.5. The summed E-state index contributed by atoms with van der Waals surface area (Å²) < 4.78 is 6.35. The number of fused-ring (bicyclic) bond motifs is 1. The summed E-state index contributed by atoms with van der Waals surface area (Å²) in [7, 11) is 0. The van der Waals surface area contributed by atoms with Gasteiger partial charge in [0.15, 0.2) is 11.8 Å². The fraction of sp³-hybridized carbons (Fsp3) is 0.444. The van der Waals surface area contributed by atoms with Crippen molar-refractivity contribution in [2.24, 2.45) is 5.73 Å². The van der Waals surface area contributed by atoms with Crippen LogP contribution in [-0.2, 0) is 16.1 Å². The number of carbonyl (C=O) groups is 2. The van der Waals surface area contributed by atoms with Crippen molar-refractivity contribution in [2.75, 3.05) is 0 Å². The predicted molar refractivity (Wildman–Crippen MR) is 94.2 cm³/mol. The maximum atomic E-state index is 12.6. The molecule has 1 atom stereocenters. The van der Waals surface area contributed by atoms with E-state index in [4.69, 9.17) is 10.5 Å². The van der Waals surface area contributed by atoms with Crippen molar-refractivity contribution < 1.29 is 14.3 Å². The number of rotatable bonds is 8. The molecule has 0 spiro atoms. The molecule has 1 aromatic heterocycles. The average Bonchev–Trinajstić information content (AvgIpc) is 2.60. The summed E-state index contributed by atoms with van der Waals surface area (Å²) in [6.45, 7) is 3.92. The van der Waals surface area contributed by atoms with Crippen LogP contribution in [0, 0.1) is 0 Å². The molecule has 134 valence electrons. The summed E-state index contributed by atoms with van der Waals surface area (Å²) in [6, 6.07) is 6.72. The summed E-state index contributed by atoms with van der Waals surface area (Å²) in [5.41, 5.74) is 4.90. The number of nitrogens with two attached hydrogens (primary N) is 1. The Hall–Kier alpha value is -2.70. The Bertz CT molecular complexity index is 829. The number of esters is 1. The third kappa shape index (κ3) is 4.43. The van der Waals surface area contributed by atoms with Gasteiger partial charge in [0, 0.05) is 11.9 Å². The largest absolute Gasteiger partial charge is 0.448 e. The van der Waals surface area contributed by atoms with E-state index in [1.54, 1.807) is 24.3 Å². The second-order valence-electron chi connectivity index (χ2n) is 5.93. The van der Waals surface area contributed by atoms with Crippen molar-refractivity contribution in [3.05, 3.63) is 40.3 Å². The molecule has 1 heterocycles. The van der Waals surface area contributed by atoms with Gasteiger partial charge >= 0.3 is 5.97 Å². The average molecular weight is 345 g/mol. The smallest absolute Gasteiger partial charge is 0.360 e. The number of hydrogen-bond acceptors (Lipinski definition) is 5. The van der Waals surface area contributed by atoms with Gasteiger partial charge in [-0.05, 0) is 19.4 Å². The molecule has 1 aromatic carbocycles. The lowest BCUT2D eigenvalue weighted by Gasteiger charge is -2.13. The van der Waals surface area contributed by atoms with Crippen molar-refractivity contribution in [1.29, 1.82) is 0 Å². The zero-order valence-corrected chi connectivity index (χ0v) is 14.5. The van der Waals surface area contributed by atoms with Gasteiger partial charge in [-0.15, -0.1) is 0 Å². The van der Waals surface area contributed by atoms with Gasteiger partial charge in [0.05, 0.1) is 5.39 Å². The summed E-state index contributed by atoms with van der Waals surface area (Å²) in [4.78, 5) is 36.1. The highest BCUT2D eigenvalue weighted by Gasteiger charge is 2.21. The van der Waals surface area contributed by atoms with Crippen LogP contribution in [0.25, 0.3) is 10.8 Å². The number of carbonyl (C=O) groups excluding carboxylic acids is 2. The van der Waals surface area contributed by atoms with E-state index in [1.165, 1.54) is 11.6 Å². The Morgan fingerprint density at radius 2 is 1.88 bits per heavy atom. The van der Waals surface area contributed by atoms with E-state index in [1.807, 2.05) is 0 Å². The minimum Gasteiger partial charge on any atom is -0.448 e. The Morgan fingerprint density at radius 1 is 1.20 bits per heavy atom. The summed E-state index contributed by atoms with van der Waals surface area (Å²) in [6.07, 6.45) is 2.87. The minimum absolute atomic E-state index is 0.0128. The molecule has 25 heavy (non-hydrogen) atoms. The number of aryl methyl sites for hydroxylation is 1. The number of benzene rings is 1. The van der Waals surface area contributed by atoms with Gasteiger partial charge in [-0.1, -0.05) is 44.4 Å². The number of nitrogens with zero attached hydrogens (tertiary/aromatic N) is 2. The Kier molecular flexibility index (Phi) is 6.27. The maximum Gasteiger partial charge on any atom is 0.360 e. The summed E-state index contributed by atoms with van der Waals surface area (Å²) in [5.74, 6) is -1.52. The van der Waals surface area contributed by atoms with Crippen LogP contribution in [0.15, 0.2) is 29.1 Å². The molecule has 0 aliphatic carbocycles. The number of aromatic nitrogens is 2. The lowest BCUT2D eigenvalue weighted by Crippen LogP contribution is -2.32. The molecular formula is C18H23N3O4. The van der Waals surface area contributed by atoms with Crippen LogP contribution >= 0.6 is 0 Å². The van der Waals surface area contributed by atoms with Crippen LogP contribution < -0.4 is 11.3 Å². The molecule has 2 rings (SSSR count). The lowest BCUT2D eigenvalue weighted by atomic mass is 10.1. The number of amides is 1. The van der Waals surface area contributed by atoms with Gasteiger partial charge in [-0.2, -0.15) is 5.10 Å². The molecule has 7 nitrogen and oxygen atoms in total. The number of ether oxygens (including phenoxy) is 1. The fourth-order valence-electron chi connectivity index (χ4n) is 2.50. The maximum absolute atomic E-state index is 12.6. The highest BCUT2D eigenvalue weighted by Crippen LogP contribution is 2.15. The number of hydrogen-bond donors (Lipinski definition) is 1. The van der Waals surface area contributed by atoms with Crippen molar-refractivity contribution in [2.45, 2.75) is 52.2 Å². The first-order chi connectivity index (χ1) is 12.0. The normalized spacial score (nSPS) is 12.1. The van der Waals surface area contributed by atoms with Gasteiger partial charge in [0.2, 0.25) is 0 Å². The Morgan fingerprint density at radius 3 is 2.52 bits per heavy atom.